The Kier molecular flexibility index (Phi) is 5.37. The van der Waals surface area contributed by atoms with Crippen molar-refractivity contribution in [2.75, 3.05) is 24.5 Å². The van der Waals surface area contributed by atoms with E-state index >= 15 is 0 Å². The van der Waals surface area contributed by atoms with Gasteiger partial charge in [0.2, 0.25) is 11.8 Å². The molecule has 2 aliphatic rings. The van der Waals surface area contributed by atoms with E-state index in [4.69, 9.17) is 0 Å². The van der Waals surface area contributed by atoms with Crippen LogP contribution < -0.4 is 10.2 Å². The Morgan fingerprint density at radius 3 is 2.72 bits per heavy atom. The molecule has 5 nitrogen and oxygen atoms in total. The first-order chi connectivity index (χ1) is 12.0. The first-order valence-electron chi connectivity index (χ1n) is 9.11. The summed E-state index contributed by atoms with van der Waals surface area (Å²) in [5.74, 6) is 0.0492. The molecule has 2 heterocycles. The first kappa shape index (κ1) is 17.9. The maximum atomic E-state index is 14.0. The fraction of sp³-hybridized carbons (Fsp3) is 0.579. The molecule has 2 saturated heterocycles. The lowest BCUT2D eigenvalue weighted by Crippen LogP contribution is -2.53. The Morgan fingerprint density at radius 2 is 2.04 bits per heavy atom. The predicted molar refractivity (Wildman–Crippen MR) is 94.7 cm³/mol. The predicted octanol–water partition coefficient (Wildman–Crippen LogP) is 2.17. The van der Waals surface area contributed by atoms with Gasteiger partial charge in [0.25, 0.3) is 0 Å². The largest absolute Gasteiger partial charge is 0.342 e. The highest BCUT2D eigenvalue weighted by Crippen LogP contribution is 2.26. The number of rotatable bonds is 4. The molecule has 0 unspecified atom stereocenters. The van der Waals surface area contributed by atoms with E-state index in [0.717, 1.165) is 19.5 Å². The maximum Gasteiger partial charge on any atom is 0.244 e. The monoisotopic (exact) mass is 347 g/mol. The van der Waals surface area contributed by atoms with E-state index in [-0.39, 0.29) is 29.7 Å². The molecule has 1 aromatic carbocycles. The van der Waals surface area contributed by atoms with E-state index in [2.05, 4.69) is 12.2 Å². The second-order valence-electron chi connectivity index (χ2n) is 7.01. The highest BCUT2D eigenvalue weighted by molar-refractivity contribution is 5.99. The molecule has 3 atom stereocenters. The molecule has 2 amide bonds. The number of amides is 2. The van der Waals surface area contributed by atoms with Gasteiger partial charge in [-0.2, -0.15) is 0 Å². The molecule has 0 radical (unpaired) electrons. The minimum absolute atomic E-state index is 0.0654. The average Bonchev–Trinajstić information content (AvgIpc) is 2.97. The van der Waals surface area contributed by atoms with Crippen LogP contribution in [0, 0.1) is 11.7 Å². The van der Waals surface area contributed by atoms with Crippen LogP contribution in [0.25, 0.3) is 0 Å². The molecule has 0 spiro atoms. The molecule has 2 fully saturated rings. The number of hydrogen-bond acceptors (Lipinski definition) is 3. The summed E-state index contributed by atoms with van der Waals surface area (Å²) >= 11 is 0. The van der Waals surface area contributed by atoms with Gasteiger partial charge in [-0.1, -0.05) is 26.0 Å². The van der Waals surface area contributed by atoms with Gasteiger partial charge in [0.1, 0.15) is 5.82 Å². The lowest BCUT2D eigenvalue weighted by atomic mass is 9.92. The molecule has 0 aliphatic carbocycles. The van der Waals surface area contributed by atoms with Crippen LogP contribution in [0.4, 0.5) is 10.1 Å². The number of halogens is 1. The SMILES string of the molecule is CCC(=O)N1CC[C@H](N[C@H]2CCN(c3ccccc3F)C2=O)[C@@H](C)C1. The number of likely N-dealkylation sites (tertiary alicyclic amines) is 1. The topological polar surface area (TPSA) is 52.7 Å². The van der Waals surface area contributed by atoms with Crippen LogP contribution in [0.1, 0.15) is 33.1 Å². The summed E-state index contributed by atoms with van der Waals surface area (Å²) < 4.78 is 14.0. The summed E-state index contributed by atoms with van der Waals surface area (Å²) in [4.78, 5) is 28.0. The van der Waals surface area contributed by atoms with Gasteiger partial charge in [-0.25, -0.2) is 4.39 Å². The average molecular weight is 347 g/mol. The van der Waals surface area contributed by atoms with E-state index < -0.39 is 0 Å². The number of anilines is 1. The summed E-state index contributed by atoms with van der Waals surface area (Å²) in [6, 6.07) is 6.33. The molecule has 136 valence electrons. The molecule has 6 heteroatoms. The number of piperidine rings is 1. The Balaban J connectivity index is 1.60. The van der Waals surface area contributed by atoms with Crippen LogP contribution in [-0.4, -0.2) is 48.4 Å². The van der Waals surface area contributed by atoms with Crippen molar-refractivity contribution in [3.8, 4) is 0 Å². The van der Waals surface area contributed by atoms with Crippen LogP contribution in [0.3, 0.4) is 0 Å². The Morgan fingerprint density at radius 1 is 1.28 bits per heavy atom. The van der Waals surface area contributed by atoms with E-state index in [1.165, 1.54) is 11.0 Å². The van der Waals surface area contributed by atoms with Crippen LogP contribution in [0.2, 0.25) is 0 Å². The second kappa shape index (κ2) is 7.52. The molecule has 3 rings (SSSR count). The van der Waals surface area contributed by atoms with Crippen molar-refractivity contribution in [3.05, 3.63) is 30.1 Å². The van der Waals surface area contributed by atoms with Gasteiger partial charge in [0.05, 0.1) is 11.7 Å². The molecular weight excluding hydrogens is 321 g/mol. The van der Waals surface area contributed by atoms with Gasteiger partial charge in [0.15, 0.2) is 0 Å². The minimum atomic E-state index is -0.365. The van der Waals surface area contributed by atoms with Gasteiger partial charge in [-0.15, -0.1) is 0 Å². The van der Waals surface area contributed by atoms with Crippen molar-refractivity contribution in [2.24, 2.45) is 5.92 Å². The quantitative estimate of drug-likeness (QED) is 0.908. The Hall–Kier alpha value is -1.95. The van der Waals surface area contributed by atoms with Crippen molar-refractivity contribution in [2.45, 2.75) is 45.2 Å². The summed E-state index contributed by atoms with van der Waals surface area (Å²) in [5.41, 5.74) is 0.355. The fourth-order valence-corrected chi connectivity index (χ4v) is 3.85. The van der Waals surface area contributed by atoms with E-state index in [0.29, 0.717) is 31.0 Å². The van der Waals surface area contributed by atoms with Crippen molar-refractivity contribution in [1.29, 1.82) is 0 Å². The normalized spacial score (nSPS) is 27.0. The summed E-state index contributed by atoms with van der Waals surface area (Å²) in [5, 5.41) is 3.46. The Bertz CT molecular complexity index is 651. The Labute approximate surface area is 148 Å². The fourth-order valence-electron chi connectivity index (χ4n) is 3.85. The zero-order valence-corrected chi connectivity index (χ0v) is 14.9. The summed E-state index contributed by atoms with van der Waals surface area (Å²) in [6.07, 6.45) is 2.05. The van der Waals surface area contributed by atoms with E-state index in [1.807, 2.05) is 11.8 Å². The third-order valence-corrected chi connectivity index (χ3v) is 5.32. The lowest BCUT2D eigenvalue weighted by molar-refractivity contribution is -0.133. The van der Waals surface area contributed by atoms with Gasteiger partial charge in [-0.3, -0.25) is 9.59 Å². The number of para-hydroxylation sites is 1. The van der Waals surface area contributed by atoms with E-state index in [9.17, 15) is 14.0 Å². The van der Waals surface area contributed by atoms with Crippen molar-refractivity contribution < 1.29 is 14.0 Å². The molecular formula is C19H26FN3O2. The zero-order chi connectivity index (χ0) is 18.0. The van der Waals surface area contributed by atoms with Gasteiger partial charge in [-0.05, 0) is 30.9 Å². The van der Waals surface area contributed by atoms with Gasteiger partial charge in [0, 0.05) is 32.1 Å². The molecule has 0 bridgehead atoms. The number of hydrogen-bond donors (Lipinski definition) is 1. The standard InChI is InChI=1S/C19H26FN3O2/c1-3-18(24)22-10-8-15(13(2)12-22)21-16-9-11-23(19(16)25)17-7-5-4-6-14(17)20/h4-7,13,15-16,21H,3,8-12H2,1-2H3/t13-,15-,16-/m0/s1. The number of benzene rings is 1. The highest BCUT2D eigenvalue weighted by atomic mass is 19.1. The number of carbonyl (C=O) groups is 2. The maximum absolute atomic E-state index is 14.0. The highest BCUT2D eigenvalue weighted by Gasteiger charge is 2.37. The molecule has 25 heavy (non-hydrogen) atoms. The van der Waals surface area contributed by atoms with Crippen molar-refractivity contribution in [3.63, 3.8) is 0 Å². The smallest absolute Gasteiger partial charge is 0.244 e. The summed E-state index contributed by atoms with van der Waals surface area (Å²) in [7, 11) is 0. The zero-order valence-electron chi connectivity index (χ0n) is 14.9. The molecule has 0 saturated carbocycles. The molecule has 1 N–H and O–H groups in total. The molecule has 0 aromatic heterocycles. The van der Waals surface area contributed by atoms with Crippen LogP contribution in [0.5, 0.6) is 0 Å². The van der Waals surface area contributed by atoms with Crippen molar-refractivity contribution in [1.82, 2.24) is 10.2 Å². The second-order valence-corrected chi connectivity index (χ2v) is 7.01. The number of carbonyl (C=O) groups excluding carboxylic acids is 2. The van der Waals surface area contributed by atoms with Crippen LogP contribution >= 0.6 is 0 Å². The molecule has 2 aliphatic heterocycles. The third kappa shape index (κ3) is 3.68. The van der Waals surface area contributed by atoms with Crippen LogP contribution in [0.15, 0.2) is 24.3 Å². The lowest BCUT2D eigenvalue weighted by Gasteiger charge is -2.38. The van der Waals surface area contributed by atoms with Gasteiger partial charge >= 0.3 is 0 Å². The van der Waals surface area contributed by atoms with Gasteiger partial charge < -0.3 is 15.1 Å². The number of nitrogens with one attached hydrogen (secondary N) is 1. The minimum Gasteiger partial charge on any atom is -0.342 e. The third-order valence-electron chi connectivity index (χ3n) is 5.32. The first-order valence-corrected chi connectivity index (χ1v) is 9.11. The van der Waals surface area contributed by atoms with Crippen LogP contribution in [-0.2, 0) is 9.59 Å². The summed E-state index contributed by atoms with van der Waals surface area (Å²) in [6.45, 7) is 5.97. The van der Waals surface area contributed by atoms with E-state index in [1.54, 1.807) is 18.2 Å². The molecule has 1 aromatic rings. The van der Waals surface area contributed by atoms with Crippen molar-refractivity contribution >= 4 is 17.5 Å². The number of nitrogens with zero attached hydrogens (tertiary/aromatic N) is 2.